The normalized spacial score (nSPS) is 20.2. The average Bonchev–Trinajstić information content (AvgIpc) is 3.25. The van der Waals surface area contributed by atoms with Crippen LogP contribution >= 0.6 is 0 Å². The lowest BCUT2D eigenvalue weighted by Gasteiger charge is -2.23. The molecule has 2 fully saturated rings. The van der Waals surface area contributed by atoms with Crippen LogP contribution in [0.25, 0.3) is 11.3 Å². The van der Waals surface area contributed by atoms with Crippen LogP contribution in [0, 0.1) is 12.7 Å². The number of hydrogen-bond acceptors (Lipinski definition) is 5. The molecule has 1 atom stereocenters. The maximum Gasteiger partial charge on any atom is 0.255 e. The van der Waals surface area contributed by atoms with Crippen molar-refractivity contribution >= 4 is 17.3 Å². The van der Waals surface area contributed by atoms with E-state index in [0.29, 0.717) is 41.4 Å². The number of aromatic nitrogens is 2. The minimum absolute atomic E-state index is 0.0675. The van der Waals surface area contributed by atoms with E-state index in [4.69, 9.17) is 9.47 Å². The second-order valence-electron chi connectivity index (χ2n) is 9.44. The van der Waals surface area contributed by atoms with Crippen LogP contribution in [-0.4, -0.2) is 41.7 Å². The summed E-state index contributed by atoms with van der Waals surface area (Å²) in [7, 11) is 0. The van der Waals surface area contributed by atoms with Gasteiger partial charge in [0.25, 0.3) is 5.91 Å². The third-order valence-corrected chi connectivity index (χ3v) is 7.23. The Balaban J connectivity index is 1.46. The summed E-state index contributed by atoms with van der Waals surface area (Å²) in [5.41, 5.74) is 4.71. The van der Waals surface area contributed by atoms with Crippen LogP contribution in [0.1, 0.15) is 47.3 Å². The molecule has 7 nitrogen and oxygen atoms in total. The lowest BCUT2D eigenvalue weighted by atomic mass is 9.93. The van der Waals surface area contributed by atoms with E-state index in [0.717, 1.165) is 49.2 Å². The Kier molecular flexibility index (Phi) is 5.06. The smallest absolute Gasteiger partial charge is 0.255 e. The molecule has 3 N–H and O–H groups in total. The number of rotatable bonds is 6. The molecule has 2 aromatic heterocycles. The molecule has 1 amide bonds. The number of amides is 1. The van der Waals surface area contributed by atoms with E-state index in [9.17, 15) is 9.18 Å². The largest absolute Gasteiger partial charge is 0.489 e. The average molecular weight is 463 g/mol. The highest BCUT2D eigenvalue weighted by atomic mass is 19.1. The fraction of sp³-hybridized carbons (Fsp3) is 0.385. The van der Waals surface area contributed by atoms with Gasteiger partial charge in [-0.15, -0.1) is 0 Å². The van der Waals surface area contributed by atoms with E-state index >= 15 is 0 Å². The Bertz CT molecular complexity index is 1260. The molecule has 1 saturated heterocycles. The minimum Gasteiger partial charge on any atom is -0.489 e. The molecule has 34 heavy (non-hydrogen) atoms. The zero-order chi connectivity index (χ0) is 23.3. The second-order valence-corrected chi connectivity index (χ2v) is 9.44. The Labute approximate surface area is 197 Å². The number of fused-ring (bicyclic) bond motifs is 2. The number of nitrogens with one attached hydrogen (secondary N) is 3. The molecule has 2 aliphatic heterocycles. The van der Waals surface area contributed by atoms with Crippen molar-refractivity contribution in [3.8, 4) is 17.0 Å². The van der Waals surface area contributed by atoms with Gasteiger partial charge in [-0.3, -0.25) is 9.78 Å². The van der Waals surface area contributed by atoms with Gasteiger partial charge in [-0.05, 0) is 50.8 Å². The van der Waals surface area contributed by atoms with E-state index in [1.807, 2.05) is 12.1 Å². The van der Waals surface area contributed by atoms with Gasteiger partial charge in [-0.25, -0.2) is 4.39 Å². The summed E-state index contributed by atoms with van der Waals surface area (Å²) in [6.07, 6.45) is 7.50. The van der Waals surface area contributed by atoms with E-state index in [2.05, 4.69) is 20.6 Å². The lowest BCUT2D eigenvalue weighted by Crippen LogP contribution is -2.39. The fourth-order valence-corrected chi connectivity index (χ4v) is 4.99. The maximum atomic E-state index is 14.3. The Morgan fingerprint density at radius 1 is 1.32 bits per heavy atom. The van der Waals surface area contributed by atoms with Crippen molar-refractivity contribution in [2.24, 2.45) is 0 Å². The molecule has 1 aliphatic carbocycles. The molecule has 4 heterocycles. The number of carbonyl (C=O) groups excluding carboxylic acids is 1. The summed E-state index contributed by atoms with van der Waals surface area (Å²) in [4.78, 5) is 20.9. The number of H-pyrrole nitrogens is 1. The minimum atomic E-state index is -0.302. The monoisotopic (exact) mass is 462 g/mol. The quantitative estimate of drug-likeness (QED) is 0.498. The fourth-order valence-electron chi connectivity index (χ4n) is 4.99. The number of carbonyl (C=O) groups is 1. The molecule has 1 aromatic carbocycles. The molecule has 3 aromatic rings. The Morgan fingerprint density at radius 2 is 2.21 bits per heavy atom. The van der Waals surface area contributed by atoms with Crippen molar-refractivity contribution < 1.29 is 18.7 Å². The Hall–Kier alpha value is -3.39. The van der Waals surface area contributed by atoms with Gasteiger partial charge in [0.15, 0.2) is 0 Å². The first kappa shape index (κ1) is 21.2. The molecule has 0 bridgehead atoms. The van der Waals surface area contributed by atoms with Crippen LogP contribution < -0.4 is 15.4 Å². The number of nitrogens with zero attached hydrogens (tertiary/aromatic N) is 1. The van der Waals surface area contributed by atoms with Gasteiger partial charge in [0.2, 0.25) is 0 Å². The predicted octanol–water partition coefficient (Wildman–Crippen LogP) is 4.60. The van der Waals surface area contributed by atoms with Crippen molar-refractivity contribution in [1.29, 1.82) is 0 Å². The SMILES string of the molecule is Cc1c(F)cccc1Nc1c(-c2ccncc2OCC2CCCO2)[nH]c2c1C(=O)NCC21CC1. The summed E-state index contributed by atoms with van der Waals surface area (Å²) in [5, 5.41) is 6.43. The van der Waals surface area contributed by atoms with Crippen LogP contribution in [0.5, 0.6) is 5.75 Å². The molecule has 6 rings (SSSR count). The molecule has 0 radical (unpaired) electrons. The number of anilines is 2. The van der Waals surface area contributed by atoms with Gasteiger partial charge >= 0.3 is 0 Å². The molecular formula is C26H27FN4O3. The number of aromatic amines is 1. The van der Waals surface area contributed by atoms with E-state index in [1.54, 1.807) is 25.4 Å². The van der Waals surface area contributed by atoms with Crippen molar-refractivity contribution in [3.05, 3.63) is 59.3 Å². The van der Waals surface area contributed by atoms with Crippen LogP contribution in [0.4, 0.5) is 15.8 Å². The highest BCUT2D eigenvalue weighted by molar-refractivity contribution is 6.07. The molecular weight excluding hydrogens is 435 g/mol. The van der Waals surface area contributed by atoms with Gasteiger partial charge < -0.3 is 25.1 Å². The predicted molar refractivity (Wildman–Crippen MR) is 126 cm³/mol. The van der Waals surface area contributed by atoms with Crippen molar-refractivity contribution in [2.75, 3.05) is 25.1 Å². The first-order valence-corrected chi connectivity index (χ1v) is 11.8. The van der Waals surface area contributed by atoms with Gasteiger partial charge in [0.1, 0.15) is 18.2 Å². The highest BCUT2D eigenvalue weighted by Crippen LogP contribution is 2.54. The van der Waals surface area contributed by atoms with Crippen molar-refractivity contribution in [2.45, 2.75) is 44.1 Å². The standard InChI is InChI=1S/C26H27FN4O3/c1-15-18(27)5-2-6-19(15)30-23-21-24(26(8-9-26)14-29-25(21)32)31-22(23)17-7-10-28-12-20(17)34-13-16-4-3-11-33-16/h2,5-7,10,12,16,30-31H,3-4,8-9,11,13-14H2,1H3,(H,29,32). The first-order valence-electron chi connectivity index (χ1n) is 11.8. The molecule has 8 heteroatoms. The number of pyridine rings is 1. The van der Waals surface area contributed by atoms with E-state index < -0.39 is 0 Å². The maximum absolute atomic E-state index is 14.3. The summed E-state index contributed by atoms with van der Waals surface area (Å²) in [6.45, 7) is 3.54. The topological polar surface area (TPSA) is 88.3 Å². The van der Waals surface area contributed by atoms with Crippen LogP contribution in [0.2, 0.25) is 0 Å². The first-order chi connectivity index (χ1) is 16.6. The van der Waals surface area contributed by atoms with E-state index in [1.165, 1.54) is 6.07 Å². The highest BCUT2D eigenvalue weighted by Gasteiger charge is 2.51. The summed E-state index contributed by atoms with van der Waals surface area (Å²) in [5.74, 6) is 0.173. The lowest BCUT2D eigenvalue weighted by molar-refractivity contribution is 0.0680. The summed E-state index contributed by atoms with van der Waals surface area (Å²) >= 11 is 0. The molecule has 1 spiro atoms. The van der Waals surface area contributed by atoms with E-state index in [-0.39, 0.29) is 23.2 Å². The third-order valence-electron chi connectivity index (χ3n) is 7.23. The van der Waals surface area contributed by atoms with Crippen LogP contribution in [0.3, 0.4) is 0 Å². The number of halogens is 1. The molecule has 1 unspecified atom stereocenters. The zero-order valence-corrected chi connectivity index (χ0v) is 19.0. The van der Waals surface area contributed by atoms with Crippen LogP contribution in [0.15, 0.2) is 36.7 Å². The van der Waals surface area contributed by atoms with Crippen LogP contribution in [-0.2, 0) is 10.2 Å². The van der Waals surface area contributed by atoms with Crippen molar-refractivity contribution in [1.82, 2.24) is 15.3 Å². The number of benzene rings is 1. The summed E-state index contributed by atoms with van der Waals surface area (Å²) in [6, 6.07) is 6.79. The van der Waals surface area contributed by atoms with Gasteiger partial charge in [-0.1, -0.05) is 6.07 Å². The molecule has 3 aliphatic rings. The zero-order valence-electron chi connectivity index (χ0n) is 19.0. The van der Waals surface area contributed by atoms with Crippen molar-refractivity contribution in [3.63, 3.8) is 0 Å². The van der Waals surface area contributed by atoms with Gasteiger partial charge in [0, 0.05) is 47.3 Å². The van der Waals surface area contributed by atoms with Gasteiger partial charge in [0.05, 0.1) is 29.2 Å². The number of ether oxygens (including phenoxy) is 2. The number of hydrogen-bond donors (Lipinski definition) is 3. The second kappa shape index (κ2) is 8.13. The molecule has 176 valence electrons. The third kappa shape index (κ3) is 3.53. The molecule has 1 saturated carbocycles. The van der Waals surface area contributed by atoms with Gasteiger partial charge in [-0.2, -0.15) is 0 Å². The Morgan fingerprint density at radius 3 is 3.00 bits per heavy atom. The summed E-state index contributed by atoms with van der Waals surface area (Å²) < 4.78 is 26.2.